The van der Waals surface area contributed by atoms with E-state index in [1.165, 1.54) is 44.2 Å². The molecule has 2 nitrogen and oxygen atoms in total. The van der Waals surface area contributed by atoms with E-state index in [2.05, 4.69) is 16.0 Å². The Morgan fingerprint density at radius 1 is 1.00 bits per heavy atom. The molecule has 1 aromatic carbocycles. The zero-order valence-corrected chi connectivity index (χ0v) is 10.3. The molecular formula is C15H17FN2. The number of rotatable bonds is 2. The first-order chi connectivity index (χ1) is 8.83. The van der Waals surface area contributed by atoms with Gasteiger partial charge in [0.1, 0.15) is 5.82 Å². The number of aromatic nitrogens is 2. The van der Waals surface area contributed by atoms with Gasteiger partial charge in [-0.3, -0.25) is 4.68 Å². The first-order valence-corrected chi connectivity index (χ1v) is 6.63. The summed E-state index contributed by atoms with van der Waals surface area (Å²) in [6, 6.07) is 7.14. The summed E-state index contributed by atoms with van der Waals surface area (Å²) in [7, 11) is 0. The maximum absolute atomic E-state index is 12.9. The van der Waals surface area contributed by atoms with Crippen LogP contribution in [0.4, 0.5) is 4.39 Å². The Bertz CT molecular complexity index is 510. The highest BCUT2D eigenvalue weighted by molar-refractivity contribution is 5.61. The highest BCUT2D eigenvalue weighted by Gasteiger charge is 2.16. The van der Waals surface area contributed by atoms with E-state index in [-0.39, 0.29) is 5.82 Å². The van der Waals surface area contributed by atoms with Crippen LogP contribution in [0.5, 0.6) is 0 Å². The van der Waals surface area contributed by atoms with Gasteiger partial charge in [-0.15, -0.1) is 0 Å². The Labute approximate surface area is 106 Å². The third-order valence-corrected chi connectivity index (χ3v) is 3.73. The van der Waals surface area contributed by atoms with Crippen LogP contribution in [0.25, 0.3) is 11.1 Å². The lowest BCUT2D eigenvalue weighted by atomic mass is 9.96. The van der Waals surface area contributed by atoms with E-state index < -0.39 is 0 Å². The molecule has 3 rings (SSSR count). The number of halogens is 1. The van der Waals surface area contributed by atoms with Gasteiger partial charge in [0.15, 0.2) is 0 Å². The number of hydrogen-bond acceptors (Lipinski definition) is 1. The summed E-state index contributed by atoms with van der Waals surface area (Å²) in [5.74, 6) is -0.196. The van der Waals surface area contributed by atoms with E-state index in [9.17, 15) is 4.39 Å². The topological polar surface area (TPSA) is 17.8 Å². The smallest absolute Gasteiger partial charge is 0.123 e. The summed E-state index contributed by atoms with van der Waals surface area (Å²) in [6.07, 6.45) is 10.4. The van der Waals surface area contributed by atoms with Crippen LogP contribution in [-0.2, 0) is 0 Å². The summed E-state index contributed by atoms with van der Waals surface area (Å²) < 4.78 is 15.0. The summed E-state index contributed by atoms with van der Waals surface area (Å²) in [5, 5.41) is 4.46. The fraction of sp³-hybridized carbons (Fsp3) is 0.400. The predicted octanol–water partition coefficient (Wildman–Crippen LogP) is 4.19. The Morgan fingerprint density at radius 3 is 2.44 bits per heavy atom. The van der Waals surface area contributed by atoms with Crippen molar-refractivity contribution in [1.29, 1.82) is 0 Å². The quantitative estimate of drug-likeness (QED) is 0.774. The standard InChI is InChI=1S/C15H17FN2/c16-14-8-6-12(7-9-14)13-10-17-18(11-13)15-4-2-1-3-5-15/h6-11,15H,1-5H2. The van der Waals surface area contributed by atoms with Gasteiger partial charge < -0.3 is 0 Å². The van der Waals surface area contributed by atoms with Crippen LogP contribution >= 0.6 is 0 Å². The third-order valence-electron chi connectivity index (χ3n) is 3.73. The molecule has 0 unspecified atom stereocenters. The lowest BCUT2D eigenvalue weighted by Gasteiger charge is -2.21. The molecule has 0 spiro atoms. The molecule has 1 heterocycles. The van der Waals surface area contributed by atoms with Crippen molar-refractivity contribution in [2.75, 3.05) is 0 Å². The Morgan fingerprint density at radius 2 is 1.72 bits per heavy atom. The van der Waals surface area contributed by atoms with E-state index in [1.807, 2.05) is 6.20 Å². The molecule has 0 N–H and O–H groups in total. The molecule has 0 amide bonds. The van der Waals surface area contributed by atoms with Gasteiger partial charge in [0.05, 0.1) is 12.2 Å². The Hall–Kier alpha value is -1.64. The minimum atomic E-state index is -0.196. The van der Waals surface area contributed by atoms with Gasteiger partial charge in [0.2, 0.25) is 0 Å². The van der Waals surface area contributed by atoms with Crippen LogP contribution in [0.15, 0.2) is 36.7 Å². The van der Waals surface area contributed by atoms with Crippen molar-refractivity contribution in [2.45, 2.75) is 38.1 Å². The maximum Gasteiger partial charge on any atom is 0.123 e. The zero-order chi connectivity index (χ0) is 12.4. The third kappa shape index (κ3) is 2.30. The molecule has 1 aromatic heterocycles. The number of hydrogen-bond donors (Lipinski definition) is 0. The van der Waals surface area contributed by atoms with Gasteiger partial charge in [-0.2, -0.15) is 5.10 Å². The molecule has 3 heteroatoms. The first kappa shape index (κ1) is 11.5. The van der Waals surface area contributed by atoms with Gasteiger partial charge >= 0.3 is 0 Å². The van der Waals surface area contributed by atoms with E-state index in [4.69, 9.17) is 0 Å². The SMILES string of the molecule is Fc1ccc(-c2cnn(C3CCCCC3)c2)cc1. The normalized spacial score (nSPS) is 16.9. The summed E-state index contributed by atoms with van der Waals surface area (Å²) in [6.45, 7) is 0. The van der Waals surface area contributed by atoms with E-state index in [0.29, 0.717) is 6.04 Å². The van der Waals surface area contributed by atoms with Gasteiger partial charge in [0, 0.05) is 11.8 Å². The second-order valence-electron chi connectivity index (χ2n) is 5.01. The maximum atomic E-state index is 12.9. The monoisotopic (exact) mass is 244 g/mol. The fourth-order valence-corrected chi connectivity index (χ4v) is 2.67. The van der Waals surface area contributed by atoms with Crippen LogP contribution in [0.2, 0.25) is 0 Å². The minimum absolute atomic E-state index is 0.196. The molecule has 0 atom stereocenters. The highest BCUT2D eigenvalue weighted by atomic mass is 19.1. The summed E-state index contributed by atoms with van der Waals surface area (Å²) in [4.78, 5) is 0. The van der Waals surface area contributed by atoms with Crippen molar-refractivity contribution in [3.8, 4) is 11.1 Å². The van der Waals surface area contributed by atoms with E-state index in [0.717, 1.165) is 11.1 Å². The van der Waals surface area contributed by atoms with Crippen molar-refractivity contribution in [1.82, 2.24) is 9.78 Å². The largest absolute Gasteiger partial charge is 0.269 e. The molecule has 1 saturated carbocycles. The minimum Gasteiger partial charge on any atom is -0.269 e. The second kappa shape index (κ2) is 4.92. The van der Waals surface area contributed by atoms with Crippen LogP contribution in [0.1, 0.15) is 38.1 Å². The van der Waals surface area contributed by atoms with Crippen molar-refractivity contribution < 1.29 is 4.39 Å². The van der Waals surface area contributed by atoms with Crippen LogP contribution in [0, 0.1) is 5.82 Å². The molecule has 18 heavy (non-hydrogen) atoms. The average molecular weight is 244 g/mol. The molecule has 1 fully saturated rings. The predicted molar refractivity (Wildman–Crippen MR) is 69.7 cm³/mol. The fourth-order valence-electron chi connectivity index (χ4n) is 2.67. The molecule has 0 aliphatic heterocycles. The van der Waals surface area contributed by atoms with Crippen molar-refractivity contribution in [3.63, 3.8) is 0 Å². The number of nitrogens with zero attached hydrogens (tertiary/aromatic N) is 2. The summed E-state index contributed by atoms with van der Waals surface area (Å²) >= 11 is 0. The van der Waals surface area contributed by atoms with Crippen molar-refractivity contribution in [2.24, 2.45) is 0 Å². The van der Waals surface area contributed by atoms with Gasteiger partial charge in [-0.05, 0) is 30.5 Å². The number of benzene rings is 1. The molecule has 0 bridgehead atoms. The lowest BCUT2D eigenvalue weighted by molar-refractivity contribution is 0.329. The average Bonchev–Trinajstić information content (AvgIpc) is 2.90. The van der Waals surface area contributed by atoms with Crippen LogP contribution < -0.4 is 0 Å². The van der Waals surface area contributed by atoms with Gasteiger partial charge in [-0.25, -0.2) is 4.39 Å². The Kier molecular flexibility index (Phi) is 3.13. The Balaban J connectivity index is 1.82. The second-order valence-corrected chi connectivity index (χ2v) is 5.01. The molecule has 2 aromatic rings. The zero-order valence-electron chi connectivity index (χ0n) is 10.3. The molecule has 0 saturated heterocycles. The van der Waals surface area contributed by atoms with Gasteiger partial charge in [0.25, 0.3) is 0 Å². The van der Waals surface area contributed by atoms with E-state index >= 15 is 0 Å². The van der Waals surface area contributed by atoms with Crippen LogP contribution in [-0.4, -0.2) is 9.78 Å². The molecule has 1 aliphatic carbocycles. The molecule has 94 valence electrons. The van der Waals surface area contributed by atoms with E-state index in [1.54, 1.807) is 12.1 Å². The van der Waals surface area contributed by atoms with Crippen LogP contribution in [0.3, 0.4) is 0 Å². The molecule has 0 radical (unpaired) electrons. The highest BCUT2D eigenvalue weighted by Crippen LogP contribution is 2.29. The first-order valence-electron chi connectivity index (χ1n) is 6.63. The molecule has 1 aliphatic rings. The van der Waals surface area contributed by atoms with Crippen molar-refractivity contribution in [3.05, 3.63) is 42.5 Å². The lowest BCUT2D eigenvalue weighted by Crippen LogP contribution is -2.12. The van der Waals surface area contributed by atoms with Crippen molar-refractivity contribution >= 4 is 0 Å². The molecular weight excluding hydrogens is 227 g/mol. The van der Waals surface area contributed by atoms with Gasteiger partial charge in [-0.1, -0.05) is 31.4 Å². The summed E-state index contributed by atoms with van der Waals surface area (Å²) in [5.41, 5.74) is 2.10.